The zero-order valence-corrected chi connectivity index (χ0v) is 18.2. The third-order valence-electron chi connectivity index (χ3n) is 5.50. The molecule has 0 unspecified atom stereocenters. The SMILES string of the molecule is COC(=O)C1=C(CN2CCN(C(C)=O)CC2)NC(=O)N[C@@H]1c1ccc(OC)c(OC)c1. The van der Waals surface area contributed by atoms with Crippen LogP contribution in [0.2, 0.25) is 0 Å². The number of nitrogens with zero attached hydrogens (tertiary/aromatic N) is 2. The Bertz CT molecular complexity index is 892. The van der Waals surface area contributed by atoms with E-state index in [1.54, 1.807) is 30.0 Å². The highest BCUT2D eigenvalue weighted by Gasteiger charge is 2.35. The molecule has 10 heteroatoms. The van der Waals surface area contributed by atoms with Crippen molar-refractivity contribution in [2.75, 3.05) is 54.1 Å². The van der Waals surface area contributed by atoms with Gasteiger partial charge in [0, 0.05) is 45.3 Å². The van der Waals surface area contributed by atoms with Crippen molar-refractivity contribution >= 4 is 17.9 Å². The van der Waals surface area contributed by atoms with Crippen LogP contribution in [-0.4, -0.2) is 81.8 Å². The second kappa shape index (κ2) is 9.69. The highest BCUT2D eigenvalue weighted by molar-refractivity contribution is 5.95. The van der Waals surface area contributed by atoms with E-state index in [2.05, 4.69) is 15.5 Å². The Morgan fingerprint density at radius 1 is 1.06 bits per heavy atom. The van der Waals surface area contributed by atoms with E-state index in [1.165, 1.54) is 21.3 Å². The van der Waals surface area contributed by atoms with E-state index in [1.807, 2.05) is 0 Å². The van der Waals surface area contributed by atoms with Gasteiger partial charge in [-0.05, 0) is 17.7 Å². The number of rotatable bonds is 6. The second-order valence-corrected chi connectivity index (χ2v) is 7.31. The molecule has 31 heavy (non-hydrogen) atoms. The topological polar surface area (TPSA) is 109 Å². The van der Waals surface area contributed by atoms with Gasteiger partial charge in [-0.2, -0.15) is 0 Å². The average molecular weight is 432 g/mol. The van der Waals surface area contributed by atoms with Crippen molar-refractivity contribution in [1.29, 1.82) is 0 Å². The van der Waals surface area contributed by atoms with Crippen LogP contribution in [-0.2, 0) is 14.3 Å². The quantitative estimate of drug-likeness (QED) is 0.635. The van der Waals surface area contributed by atoms with Crippen molar-refractivity contribution in [2.24, 2.45) is 0 Å². The lowest BCUT2D eigenvalue weighted by Gasteiger charge is -2.36. The van der Waals surface area contributed by atoms with Gasteiger partial charge < -0.3 is 29.7 Å². The number of benzene rings is 1. The first-order valence-corrected chi connectivity index (χ1v) is 9.96. The predicted molar refractivity (Wildman–Crippen MR) is 112 cm³/mol. The summed E-state index contributed by atoms with van der Waals surface area (Å²) in [5.41, 5.74) is 1.46. The Hall–Kier alpha value is -3.27. The number of methoxy groups -OCH3 is 3. The third kappa shape index (κ3) is 4.91. The molecule has 1 saturated heterocycles. The molecule has 0 spiro atoms. The van der Waals surface area contributed by atoms with Gasteiger partial charge in [-0.1, -0.05) is 6.07 Å². The number of hydrogen-bond donors (Lipinski definition) is 2. The van der Waals surface area contributed by atoms with E-state index < -0.39 is 18.0 Å². The van der Waals surface area contributed by atoms with Crippen LogP contribution < -0.4 is 20.1 Å². The Balaban J connectivity index is 1.93. The molecule has 1 atom stereocenters. The molecule has 2 heterocycles. The van der Waals surface area contributed by atoms with E-state index in [0.29, 0.717) is 61.1 Å². The van der Waals surface area contributed by atoms with Gasteiger partial charge in [-0.25, -0.2) is 9.59 Å². The number of carbonyl (C=O) groups excluding carboxylic acids is 3. The average Bonchev–Trinajstić information content (AvgIpc) is 2.78. The number of amides is 3. The van der Waals surface area contributed by atoms with Crippen LogP contribution >= 0.6 is 0 Å². The molecular formula is C21H28N4O6. The molecule has 1 aromatic carbocycles. The fourth-order valence-electron chi connectivity index (χ4n) is 3.82. The summed E-state index contributed by atoms with van der Waals surface area (Å²) in [6, 6.07) is 4.09. The minimum atomic E-state index is -0.713. The van der Waals surface area contributed by atoms with E-state index in [4.69, 9.17) is 14.2 Å². The first kappa shape index (κ1) is 22.4. The number of urea groups is 1. The lowest BCUT2D eigenvalue weighted by Crippen LogP contribution is -2.52. The summed E-state index contributed by atoms with van der Waals surface area (Å²) in [6.07, 6.45) is 0. The van der Waals surface area contributed by atoms with E-state index >= 15 is 0 Å². The standard InChI is InChI=1S/C21H28N4O6/c1-13(26)25-9-7-24(8-10-25)12-15-18(20(27)31-4)19(23-21(28)22-15)14-5-6-16(29-2)17(11-14)30-3/h5-6,11,19H,7-10,12H2,1-4H3,(H2,22,23,28)/t19-/m1/s1. The molecule has 0 aliphatic carbocycles. The third-order valence-corrected chi connectivity index (χ3v) is 5.50. The lowest BCUT2D eigenvalue weighted by atomic mass is 9.94. The van der Waals surface area contributed by atoms with Crippen LogP contribution in [0.3, 0.4) is 0 Å². The summed E-state index contributed by atoms with van der Waals surface area (Å²) < 4.78 is 15.7. The molecule has 1 fully saturated rings. The van der Waals surface area contributed by atoms with Crippen molar-refractivity contribution < 1.29 is 28.6 Å². The Labute approximate surface area is 181 Å². The Morgan fingerprint density at radius 2 is 1.74 bits per heavy atom. The van der Waals surface area contributed by atoms with Crippen LogP contribution in [0.5, 0.6) is 11.5 Å². The smallest absolute Gasteiger partial charge is 0.338 e. The minimum Gasteiger partial charge on any atom is -0.493 e. The van der Waals surface area contributed by atoms with Gasteiger partial charge in [-0.15, -0.1) is 0 Å². The summed E-state index contributed by atoms with van der Waals surface area (Å²) in [6.45, 7) is 4.38. The van der Waals surface area contributed by atoms with Gasteiger partial charge in [-0.3, -0.25) is 9.69 Å². The second-order valence-electron chi connectivity index (χ2n) is 7.31. The van der Waals surface area contributed by atoms with E-state index in [0.717, 1.165) is 0 Å². The zero-order valence-electron chi connectivity index (χ0n) is 18.2. The lowest BCUT2D eigenvalue weighted by molar-refractivity contribution is -0.136. The summed E-state index contributed by atoms with van der Waals surface area (Å²) in [7, 11) is 4.36. The van der Waals surface area contributed by atoms with Crippen LogP contribution in [0.15, 0.2) is 29.5 Å². The van der Waals surface area contributed by atoms with Crippen molar-refractivity contribution in [3.05, 3.63) is 35.0 Å². The molecule has 10 nitrogen and oxygen atoms in total. The minimum absolute atomic E-state index is 0.0396. The molecule has 1 aromatic rings. The molecule has 2 aliphatic rings. The van der Waals surface area contributed by atoms with Crippen LogP contribution in [0, 0.1) is 0 Å². The zero-order chi connectivity index (χ0) is 22.5. The van der Waals surface area contributed by atoms with Crippen molar-refractivity contribution in [3.63, 3.8) is 0 Å². The molecule has 3 amide bonds. The molecule has 168 valence electrons. The Kier molecular flexibility index (Phi) is 7.01. The van der Waals surface area contributed by atoms with Crippen LogP contribution in [0.1, 0.15) is 18.5 Å². The van der Waals surface area contributed by atoms with Gasteiger partial charge in [0.15, 0.2) is 11.5 Å². The molecular weight excluding hydrogens is 404 g/mol. The van der Waals surface area contributed by atoms with Crippen molar-refractivity contribution in [2.45, 2.75) is 13.0 Å². The first-order chi connectivity index (χ1) is 14.9. The maximum atomic E-state index is 12.7. The highest BCUT2D eigenvalue weighted by Crippen LogP contribution is 2.34. The number of piperazine rings is 1. The molecule has 2 aliphatic heterocycles. The number of ether oxygens (including phenoxy) is 3. The fraction of sp³-hybridized carbons (Fsp3) is 0.476. The van der Waals surface area contributed by atoms with Gasteiger partial charge in [0.05, 0.1) is 32.9 Å². The summed E-state index contributed by atoms with van der Waals surface area (Å²) >= 11 is 0. The predicted octanol–water partition coefficient (Wildman–Crippen LogP) is 0.649. The van der Waals surface area contributed by atoms with Crippen LogP contribution in [0.4, 0.5) is 4.79 Å². The van der Waals surface area contributed by atoms with Crippen molar-refractivity contribution in [3.8, 4) is 11.5 Å². The van der Waals surface area contributed by atoms with E-state index in [9.17, 15) is 14.4 Å². The van der Waals surface area contributed by atoms with Gasteiger partial charge in [0.1, 0.15) is 0 Å². The maximum absolute atomic E-state index is 12.7. The fourth-order valence-corrected chi connectivity index (χ4v) is 3.82. The van der Waals surface area contributed by atoms with Crippen LogP contribution in [0.25, 0.3) is 0 Å². The summed E-state index contributed by atoms with van der Waals surface area (Å²) in [5.74, 6) is 0.528. The highest BCUT2D eigenvalue weighted by atomic mass is 16.5. The number of carbonyl (C=O) groups is 3. The molecule has 2 N–H and O–H groups in total. The largest absolute Gasteiger partial charge is 0.493 e. The molecule has 3 rings (SSSR count). The first-order valence-electron chi connectivity index (χ1n) is 9.96. The molecule has 0 radical (unpaired) electrons. The van der Waals surface area contributed by atoms with E-state index in [-0.39, 0.29) is 5.91 Å². The molecule has 0 saturated carbocycles. The molecule has 0 aromatic heterocycles. The van der Waals surface area contributed by atoms with Gasteiger partial charge in [0.25, 0.3) is 0 Å². The van der Waals surface area contributed by atoms with Gasteiger partial charge in [0.2, 0.25) is 5.91 Å². The van der Waals surface area contributed by atoms with Gasteiger partial charge >= 0.3 is 12.0 Å². The summed E-state index contributed by atoms with van der Waals surface area (Å²) in [4.78, 5) is 40.6. The van der Waals surface area contributed by atoms with Crippen molar-refractivity contribution in [1.82, 2.24) is 20.4 Å². The number of esters is 1. The maximum Gasteiger partial charge on any atom is 0.338 e. The normalized spacial score (nSPS) is 19.4. The number of hydrogen-bond acceptors (Lipinski definition) is 7. The molecule has 0 bridgehead atoms. The summed E-state index contributed by atoms with van der Waals surface area (Å²) in [5, 5.41) is 5.56. The number of nitrogens with one attached hydrogen (secondary N) is 2. The Morgan fingerprint density at radius 3 is 2.32 bits per heavy atom. The monoisotopic (exact) mass is 432 g/mol.